The van der Waals surface area contributed by atoms with E-state index >= 15 is 0 Å². The molecule has 1 N–H and O–H groups in total. The van der Waals surface area contributed by atoms with Gasteiger partial charge in [0.2, 0.25) is 0 Å². The number of aryl methyl sites for hydroxylation is 1. The lowest BCUT2D eigenvalue weighted by Crippen LogP contribution is -2.14. The number of benzene rings is 2. The minimum Gasteiger partial charge on any atom is -0.496 e. The highest BCUT2D eigenvalue weighted by Gasteiger charge is 2.14. The summed E-state index contributed by atoms with van der Waals surface area (Å²) in [5.41, 5.74) is 1.74. The lowest BCUT2D eigenvalue weighted by atomic mass is 10.1. The Morgan fingerprint density at radius 1 is 1.25 bits per heavy atom. The maximum atomic E-state index is 13.3. The van der Waals surface area contributed by atoms with Gasteiger partial charge in [0.1, 0.15) is 11.6 Å². The number of hydrogen-bond donors (Lipinski definition) is 1. The lowest BCUT2D eigenvalue weighted by molar-refractivity contribution is 0.102. The van der Waals surface area contributed by atoms with E-state index in [2.05, 4.69) is 21.2 Å². The third-order valence-corrected chi connectivity index (χ3v) is 3.34. The Labute approximate surface area is 124 Å². The van der Waals surface area contributed by atoms with Gasteiger partial charge in [0.15, 0.2) is 0 Å². The number of rotatable bonds is 3. The quantitative estimate of drug-likeness (QED) is 0.913. The third-order valence-electron chi connectivity index (χ3n) is 2.84. The Bertz CT molecular complexity index is 658. The highest BCUT2D eigenvalue weighted by Crippen LogP contribution is 2.23. The van der Waals surface area contributed by atoms with Gasteiger partial charge in [-0.3, -0.25) is 4.79 Å². The van der Waals surface area contributed by atoms with Crippen molar-refractivity contribution in [2.75, 3.05) is 12.4 Å². The van der Waals surface area contributed by atoms with Crippen LogP contribution in [0.3, 0.4) is 0 Å². The highest BCUT2D eigenvalue weighted by molar-refractivity contribution is 9.10. The monoisotopic (exact) mass is 337 g/mol. The molecule has 0 fully saturated rings. The summed E-state index contributed by atoms with van der Waals surface area (Å²) in [5, 5.41) is 2.75. The summed E-state index contributed by atoms with van der Waals surface area (Å²) in [6.45, 7) is 1.88. The number of ether oxygens (including phenoxy) is 1. The molecule has 1 amide bonds. The molecule has 104 valence electrons. The molecule has 20 heavy (non-hydrogen) atoms. The van der Waals surface area contributed by atoms with E-state index < -0.39 is 11.7 Å². The second kappa shape index (κ2) is 6.05. The van der Waals surface area contributed by atoms with E-state index in [1.807, 2.05) is 19.1 Å². The predicted molar refractivity (Wildman–Crippen MR) is 79.8 cm³/mol. The molecule has 0 atom stereocenters. The Morgan fingerprint density at radius 3 is 2.65 bits per heavy atom. The molecule has 0 bridgehead atoms. The second-order valence-electron chi connectivity index (χ2n) is 4.26. The van der Waals surface area contributed by atoms with Gasteiger partial charge in [0, 0.05) is 10.2 Å². The van der Waals surface area contributed by atoms with Gasteiger partial charge >= 0.3 is 0 Å². The summed E-state index contributed by atoms with van der Waals surface area (Å²) in [4.78, 5) is 12.2. The molecule has 0 aliphatic heterocycles. The number of hydrogen-bond acceptors (Lipinski definition) is 2. The topological polar surface area (TPSA) is 38.3 Å². The number of nitrogens with one attached hydrogen (secondary N) is 1. The van der Waals surface area contributed by atoms with Crippen molar-refractivity contribution in [2.45, 2.75) is 6.92 Å². The van der Waals surface area contributed by atoms with Gasteiger partial charge in [-0.05, 0) is 48.9 Å². The minimum atomic E-state index is -0.483. The van der Waals surface area contributed by atoms with Crippen LogP contribution in [0.25, 0.3) is 0 Å². The Kier molecular flexibility index (Phi) is 4.39. The second-order valence-corrected chi connectivity index (χ2v) is 5.17. The fourth-order valence-electron chi connectivity index (χ4n) is 1.81. The summed E-state index contributed by atoms with van der Waals surface area (Å²) < 4.78 is 19.3. The SMILES string of the molecule is COc1ccc(F)cc1C(=O)Nc1ccc(Br)cc1C. The van der Waals surface area contributed by atoms with Gasteiger partial charge in [-0.1, -0.05) is 15.9 Å². The molecule has 0 radical (unpaired) electrons. The predicted octanol–water partition coefficient (Wildman–Crippen LogP) is 4.16. The number of carbonyl (C=O) groups excluding carboxylic acids is 1. The Morgan fingerprint density at radius 2 is 2.00 bits per heavy atom. The van der Waals surface area contributed by atoms with E-state index in [0.717, 1.165) is 16.1 Å². The standard InChI is InChI=1S/C15H13BrFNO2/c1-9-7-10(16)3-5-13(9)18-15(19)12-8-11(17)4-6-14(12)20-2/h3-8H,1-2H3,(H,18,19). The molecule has 5 heteroatoms. The molecule has 0 saturated carbocycles. The summed E-state index contributed by atoms with van der Waals surface area (Å²) in [6, 6.07) is 9.33. The summed E-state index contributed by atoms with van der Waals surface area (Å²) >= 11 is 3.36. The van der Waals surface area contributed by atoms with Crippen LogP contribution in [-0.2, 0) is 0 Å². The van der Waals surface area contributed by atoms with Crippen LogP contribution >= 0.6 is 15.9 Å². The molecule has 0 spiro atoms. The smallest absolute Gasteiger partial charge is 0.259 e. The van der Waals surface area contributed by atoms with E-state index in [9.17, 15) is 9.18 Å². The van der Waals surface area contributed by atoms with Crippen molar-refractivity contribution in [3.63, 3.8) is 0 Å². The van der Waals surface area contributed by atoms with Crippen LogP contribution in [0, 0.1) is 12.7 Å². The molecule has 2 rings (SSSR count). The molecule has 0 saturated heterocycles. The van der Waals surface area contributed by atoms with Gasteiger partial charge in [0.05, 0.1) is 12.7 Å². The maximum absolute atomic E-state index is 13.3. The van der Waals surface area contributed by atoms with Gasteiger partial charge in [-0.2, -0.15) is 0 Å². The largest absolute Gasteiger partial charge is 0.496 e. The van der Waals surface area contributed by atoms with E-state index in [1.54, 1.807) is 6.07 Å². The summed E-state index contributed by atoms with van der Waals surface area (Å²) in [6.07, 6.45) is 0. The maximum Gasteiger partial charge on any atom is 0.259 e. The van der Waals surface area contributed by atoms with Crippen molar-refractivity contribution in [2.24, 2.45) is 0 Å². The van der Waals surface area contributed by atoms with E-state index in [0.29, 0.717) is 11.4 Å². The first-order valence-corrected chi connectivity index (χ1v) is 6.71. The zero-order chi connectivity index (χ0) is 14.7. The minimum absolute atomic E-state index is 0.162. The number of methoxy groups -OCH3 is 1. The highest BCUT2D eigenvalue weighted by atomic mass is 79.9. The van der Waals surface area contributed by atoms with Gasteiger partial charge in [-0.25, -0.2) is 4.39 Å². The van der Waals surface area contributed by atoms with Crippen LogP contribution in [0.4, 0.5) is 10.1 Å². The van der Waals surface area contributed by atoms with Crippen LogP contribution in [-0.4, -0.2) is 13.0 Å². The van der Waals surface area contributed by atoms with Crippen molar-refractivity contribution >= 4 is 27.5 Å². The van der Waals surface area contributed by atoms with Crippen molar-refractivity contribution in [3.05, 3.63) is 57.8 Å². The van der Waals surface area contributed by atoms with Crippen LogP contribution in [0.1, 0.15) is 15.9 Å². The number of halogens is 2. The first-order valence-electron chi connectivity index (χ1n) is 5.92. The average molecular weight is 338 g/mol. The lowest BCUT2D eigenvalue weighted by Gasteiger charge is -2.11. The zero-order valence-electron chi connectivity index (χ0n) is 11.0. The molecule has 0 unspecified atom stereocenters. The molecule has 0 heterocycles. The number of carbonyl (C=O) groups is 1. The van der Waals surface area contributed by atoms with Crippen molar-refractivity contribution in [1.29, 1.82) is 0 Å². The van der Waals surface area contributed by atoms with E-state index in [1.165, 1.54) is 19.2 Å². The summed E-state index contributed by atoms with van der Waals surface area (Å²) in [5.74, 6) is -0.561. The fourth-order valence-corrected chi connectivity index (χ4v) is 2.29. The third kappa shape index (κ3) is 3.17. The molecule has 0 aliphatic carbocycles. The molecular formula is C15H13BrFNO2. The van der Waals surface area contributed by atoms with E-state index in [-0.39, 0.29) is 5.56 Å². The Hall–Kier alpha value is -1.88. The van der Waals surface area contributed by atoms with Gasteiger partial charge in [0.25, 0.3) is 5.91 Å². The van der Waals surface area contributed by atoms with Crippen LogP contribution in [0.5, 0.6) is 5.75 Å². The van der Waals surface area contributed by atoms with Crippen LogP contribution in [0.2, 0.25) is 0 Å². The first kappa shape index (κ1) is 14.5. The number of amides is 1. The molecule has 2 aromatic rings. The van der Waals surface area contributed by atoms with Gasteiger partial charge < -0.3 is 10.1 Å². The average Bonchev–Trinajstić information content (AvgIpc) is 2.41. The van der Waals surface area contributed by atoms with Crippen molar-refractivity contribution in [3.8, 4) is 5.75 Å². The number of anilines is 1. The van der Waals surface area contributed by atoms with Crippen LogP contribution < -0.4 is 10.1 Å². The normalized spacial score (nSPS) is 10.2. The fraction of sp³-hybridized carbons (Fsp3) is 0.133. The molecule has 3 nitrogen and oxygen atoms in total. The molecule has 0 aromatic heterocycles. The molecule has 0 aliphatic rings. The summed E-state index contributed by atoms with van der Waals surface area (Å²) in [7, 11) is 1.44. The van der Waals surface area contributed by atoms with E-state index in [4.69, 9.17) is 4.74 Å². The van der Waals surface area contributed by atoms with Gasteiger partial charge in [-0.15, -0.1) is 0 Å². The van der Waals surface area contributed by atoms with Crippen LogP contribution in [0.15, 0.2) is 40.9 Å². The Balaban J connectivity index is 2.30. The molecule has 2 aromatic carbocycles. The molecular weight excluding hydrogens is 325 g/mol. The van der Waals surface area contributed by atoms with Crippen molar-refractivity contribution in [1.82, 2.24) is 0 Å². The zero-order valence-corrected chi connectivity index (χ0v) is 12.6. The first-order chi connectivity index (χ1) is 9.51. The van der Waals surface area contributed by atoms with Crippen molar-refractivity contribution < 1.29 is 13.9 Å².